The number of hydrogen-bond donors (Lipinski definition) is 1. The van der Waals surface area contributed by atoms with Crippen LogP contribution >= 0.6 is 16.5 Å². The van der Waals surface area contributed by atoms with E-state index >= 15 is 0 Å². The minimum absolute atomic E-state index is 0.320. The van der Waals surface area contributed by atoms with Gasteiger partial charge in [-0.3, -0.25) is 0 Å². The Kier molecular flexibility index (Phi) is 7.70. The average molecular weight is 216 g/mol. The lowest BCUT2D eigenvalue weighted by atomic mass is 10.5. The third kappa shape index (κ3) is 8.14. The Hall–Kier alpha value is 0.0400. The predicted molar refractivity (Wildman–Crippen MR) is 40.7 cm³/mol. The summed E-state index contributed by atoms with van der Waals surface area (Å²) in [5.74, 6) is 0. The smallest absolute Gasteiger partial charge is 0.133 e. The van der Waals surface area contributed by atoms with E-state index in [-0.39, 0.29) is 0 Å². The molecule has 70 valence electrons. The zero-order valence-electron chi connectivity index (χ0n) is 6.50. The monoisotopic (exact) mass is 216 g/mol. The van der Waals surface area contributed by atoms with Crippen molar-refractivity contribution in [1.29, 1.82) is 0 Å². The Morgan fingerprint density at radius 2 is 1.92 bits per heavy atom. The second kappa shape index (κ2) is 7.68. The fraction of sp³-hybridized carbons (Fsp3) is 1.00. The molecule has 2 unspecified atom stereocenters. The zero-order valence-corrected chi connectivity index (χ0v) is 8.29. The molecular formula is C4H10O6P2+2. The molecule has 0 rings (SSSR count). The van der Waals surface area contributed by atoms with Crippen LogP contribution in [0.3, 0.4) is 0 Å². The Bertz CT molecular complexity index is 160. The Morgan fingerprint density at radius 3 is 2.42 bits per heavy atom. The van der Waals surface area contributed by atoms with Gasteiger partial charge < -0.3 is 0 Å². The van der Waals surface area contributed by atoms with Crippen LogP contribution in [0.15, 0.2) is 0 Å². The minimum Gasteiger partial charge on any atom is -0.133 e. The highest BCUT2D eigenvalue weighted by Crippen LogP contribution is 2.25. The molecule has 2 atom stereocenters. The van der Waals surface area contributed by atoms with E-state index < -0.39 is 23.3 Å². The van der Waals surface area contributed by atoms with Crippen LogP contribution in [0, 0.1) is 0 Å². The summed E-state index contributed by atoms with van der Waals surface area (Å²) < 4.78 is 33.6. The van der Waals surface area contributed by atoms with Crippen molar-refractivity contribution in [2.24, 2.45) is 0 Å². The van der Waals surface area contributed by atoms with E-state index in [0.717, 1.165) is 6.42 Å². The van der Waals surface area contributed by atoms with Gasteiger partial charge in [0.25, 0.3) is 6.79 Å². The van der Waals surface area contributed by atoms with Crippen LogP contribution in [0.2, 0.25) is 0 Å². The Labute approximate surface area is 71.7 Å². The standard InChI is InChI=1S/C4H9O6P2/c1-2-3-8-12(7)10-4-9-11(5)6/h2-4H2,1H3/q+1/p+1. The van der Waals surface area contributed by atoms with Crippen molar-refractivity contribution in [3.8, 4) is 0 Å². The van der Waals surface area contributed by atoms with Crippen LogP contribution in [0.4, 0.5) is 0 Å². The van der Waals surface area contributed by atoms with Gasteiger partial charge in [-0.25, -0.2) is 0 Å². The van der Waals surface area contributed by atoms with Crippen molar-refractivity contribution >= 4 is 16.5 Å². The van der Waals surface area contributed by atoms with Gasteiger partial charge in [0.1, 0.15) is 6.61 Å². The predicted octanol–water partition coefficient (Wildman–Crippen LogP) is 1.71. The Morgan fingerprint density at radius 1 is 1.25 bits per heavy atom. The molecule has 8 heteroatoms. The van der Waals surface area contributed by atoms with E-state index in [2.05, 4.69) is 13.6 Å². The van der Waals surface area contributed by atoms with Crippen molar-refractivity contribution < 1.29 is 27.6 Å². The van der Waals surface area contributed by atoms with Gasteiger partial charge in [-0.2, -0.15) is 0 Å². The normalized spacial score (nSPS) is 12.8. The van der Waals surface area contributed by atoms with Crippen LogP contribution in [-0.4, -0.2) is 18.3 Å². The van der Waals surface area contributed by atoms with Gasteiger partial charge in [-0.15, -0.1) is 9.42 Å². The molecule has 0 aliphatic carbocycles. The van der Waals surface area contributed by atoms with E-state index in [1.54, 1.807) is 0 Å². The largest absolute Gasteiger partial charge is 0.699 e. The molecular weight excluding hydrogens is 206 g/mol. The van der Waals surface area contributed by atoms with Crippen LogP contribution < -0.4 is 0 Å². The quantitative estimate of drug-likeness (QED) is 0.515. The Balaban J connectivity index is 3.25. The molecule has 1 N–H and O–H groups in total. The first-order chi connectivity index (χ1) is 5.66. The molecule has 0 fully saturated rings. The molecule has 0 saturated carbocycles. The fourth-order valence-corrected chi connectivity index (χ4v) is 1.09. The molecule has 0 spiro atoms. The molecule has 0 aromatic rings. The van der Waals surface area contributed by atoms with Gasteiger partial charge in [0.15, 0.2) is 0 Å². The van der Waals surface area contributed by atoms with E-state index in [1.807, 2.05) is 6.92 Å². The summed E-state index contributed by atoms with van der Waals surface area (Å²) in [6.07, 6.45) is 0.722. The molecule has 12 heavy (non-hydrogen) atoms. The van der Waals surface area contributed by atoms with Gasteiger partial charge in [0.05, 0.1) is 0 Å². The van der Waals surface area contributed by atoms with Gasteiger partial charge in [-0.05, 0) is 6.42 Å². The van der Waals surface area contributed by atoms with E-state index in [0.29, 0.717) is 6.61 Å². The third-order valence-corrected chi connectivity index (χ3v) is 1.76. The first kappa shape index (κ1) is 12.0. The van der Waals surface area contributed by atoms with E-state index in [4.69, 9.17) is 4.89 Å². The lowest BCUT2D eigenvalue weighted by Crippen LogP contribution is -1.90. The molecule has 0 amide bonds. The summed E-state index contributed by atoms with van der Waals surface area (Å²) in [5, 5.41) is 0. The highest BCUT2D eigenvalue weighted by Gasteiger charge is 2.23. The van der Waals surface area contributed by atoms with Crippen LogP contribution in [0.5, 0.6) is 0 Å². The highest BCUT2D eigenvalue weighted by atomic mass is 31.1. The second-order valence-electron chi connectivity index (χ2n) is 1.67. The number of hydrogen-bond acceptors (Lipinski definition) is 5. The summed E-state index contributed by atoms with van der Waals surface area (Å²) in [4.78, 5) is 8.11. The molecule has 0 aromatic carbocycles. The van der Waals surface area contributed by atoms with Gasteiger partial charge in [-0.1, -0.05) is 16.0 Å². The molecule has 0 aromatic heterocycles. The first-order valence-electron chi connectivity index (χ1n) is 3.19. The SMILES string of the molecule is CCCO[P+](=O)OCO[P+](=O)O. The summed E-state index contributed by atoms with van der Waals surface area (Å²) in [7, 11) is -4.93. The highest BCUT2D eigenvalue weighted by molar-refractivity contribution is 7.33. The maximum absolute atomic E-state index is 10.6. The molecule has 0 saturated heterocycles. The zero-order chi connectivity index (χ0) is 9.40. The molecule has 0 aliphatic heterocycles. The lowest BCUT2D eigenvalue weighted by Gasteiger charge is -1.83. The average Bonchev–Trinajstić information content (AvgIpc) is 2.00. The molecule has 0 aliphatic rings. The fourth-order valence-electron chi connectivity index (χ4n) is 0.315. The summed E-state index contributed by atoms with van der Waals surface area (Å²) in [5.41, 5.74) is 0. The molecule has 0 bridgehead atoms. The van der Waals surface area contributed by atoms with Crippen molar-refractivity contribution in [3.05, 3.63) is 0 Å². The lowest BCUT2D eigenvalue weighted by molar-refractivity contribution is 0.101. The van der Waals surface area contributed by atoms with Crippen molar-refractivity contribution in [3.63, 3.8) is 0 Å². The molecule has 0 heterocycles. The van der Waals surface area contributed by atoms with Crippen molar-refractivity contribution in [1.82, 2.24) is 0 Å². The van der Waals surface area contributed by atoms with Crippen molar-refractivity contribution in [2.75, 3.05) is 13.4 Å². The third-order valence-electron chi connectivity index (χ3n) is 0.722. The maximum atomic E-state index is 10.6. The van der Waals surface area contributed by atoms with Gasteiger partial charge in [0.2, 0.25) is 0 Å². The van der Waals surface area contributed by atoms with Crippen LogP contribution in [0.25, 0.3) is 0 Å². The summed E-state index contributed by atoms with van der Waals surface area (Å²) in [6.45, 7) is 1.66. The van der Waals surface area contributed by atoms with E-state index in [1.165, 1.54) is 0 Å². The molecule has 6 nitrogen and oxygen atoms in total. The van der Waals surface area contributed by atoms with Gasteiger partial charge >= 0.3 is 16.5 Å². The summed E-state index contributed by atoms with van der Waals surface area (Å²) >= 11 is 0. The topological polar surface area (TPSA) is 82.1 Å². The maximum Gasteiger partial charge on any atom is 0.699 e. The van der Waals surface area contributed by atoms with Gasteiger partial charge in [0, 0.05) is 9.13 Å². The second-order valence-corrected chi connectivity index (χ2v) is 3.37. The molecule has 0 radical (unpaired) electrons. The first-order valence-corrected chi connectivity index (χ1v) is 5.41. The van der Waals surface area contributed by atoms with E-state index in [9.17, 15) is 9.13 Å². The minimum atomic E-state index is -2.70. The van der Waals surface area contributed by atoms with Crippen molar-refractivity contribution in [2.45, 2.75) is 13.3 Å². The van der Waals surface area contributed by atoms with Crippen LogP contribution in [0.1, 0.15) is 13.3 Å². The number of rotatable bonds is 7. The summed E-state index contributed by atoms with van der Waals surface area (Å²) in [6, 6.07) is 0. The van der Waals surface area contributed by atoms with Crippen LogP contribution in [-0.2, 0) is 22.7 Å².